The minimum absolute atomic E-state index is 0.0310. The van der Waals surface area contributed by atoms with Crippen LogP contribution >= 0.6 is 0 Å². The number of hydrogen-bond acceptors (Lipinski definition) is 6. The molecule has 1 aliphatic carbocycles. The molecule has 1 atom stereocenters. The lowest BCUT2D eigenvalue weighted by atomic mass is 10.1. The van der Waals surface area contributed by atoms with Gasteiger partial charge in [-0.05, 0) is 52.7 Å². The molecule has 0 unspecified atom stereocenters. The number of ether oxygens (including phenoxy) is 1. The zero-order valence-electron chi connectivity index (χ0n) is 14.8. The Balaban J connectivity index is 2.09. The number of nitrogens with zero attached hydrogens (tertiary/aromatic N) is 1. The minimum atomic E-state index is -1.00. The first-order valence-corrected chi connectivity index (χ1v) is 8.15. The van der Waals surface area contributed by atoms with E-state index in [1.54, 1.807) is 0 Å². The lowest BCUT2D eigenvalue weighted by Crippen LogP contribution is -2.46. The van der Waals surface area contributed by atoms with Crippen molar-refractivity contribution >= 4 is 23.3 Å². The number of carbonyl (C=O) groups excluding carboxylic acids is 2. The van der Waals surface area contributed by atoms with Gasteiger partial charge in [-0.2, -0.15) is 0 Å². The highest BCUT2D eigenvalue weighted by Gasteiger charge is 2.27. The molecule has 0 bridgehead atoms. The first-order chi connectivity index (χ1) is 11.6. The number of rotatable bonds is 6. The summed E-state index contributed by atoms with van der Waals surface area (Å²) in [6, 6.07) is 4.36. The number of nitro benzene ring substituents is 1. The maximum atomic E-state index is 12.2. The Morgan fingerprint density at radius 3 is 2.48 bits per heavy atom. The van der Waals surface area contributed by atoms with E-state index in [9.17, 15) is 19.7 Å². The van der Waals surface area contributed by atoms with Gasteiger partial charge in [0.1, 0.15) is 5.69 Å². The lowest BCUT2D eigenvalue weighted by Gasteiger charge is -2.23. The number of carbonyl (C=O) groups is 2. The van der Waals surface area contributed by atoms with Gasteiger partial charge in [-0.15, -0.1) is 0 Å². The summed E-state index contributed by atoms with van der Waals surface area (Å²) in [6.07, 6.45) is 0.943. The molecular formula is C17H23N3O5. The normalized spacial score (nSPS) is 15.2. The van der Waals surface area contributed by atoms with E-state index in [1.807, 2.05) is 20.8 Å². The number of anilines is 1. The first kappa shape index (κ1) is 18.7. The van der Waals surface area contributed by atoms with Crippen molar-refractivity contribution in [3.63, 3.8) is 0 Å². The fourth-order valence-corrected chi connectivity index (χ4v) is 2.13. The molecule has 2 N–H and O–H groups in total. The zero-order valence-corrected chi connectivity index (χ0v) is 14.8. The molecule has 8 nitrogen and oxygen atoms in total. The van der Waals surface area contributed by atoms with Crippen LogP contribution in [0.1, 0.15) is 50.9 Å². The van der Waals surface area contributed by atoms with Gasteiger partial charge in [-0.25, -0.2) is 4.79 Å². The van der Waals surface area contributed by atoms with Crippen LogP contribution in [0.4, 0.5) is 11.4 Å². The van der Waals surface area contributed by atoms with Crippen molar-refractivity contribution in [2.75, 3.05) is 5.32 Å². The summed E-state index contributed by atoms with van der Waals surface area (Å²) in [6.45, 7) is 6.90. The molecule has 0 radical (unpaired) electrons. The van der Waals surface area contributed by atoms with Crippen LogP contribution in [0.2, 0.25) is 0 Å². The Hall–Kier alpha value is -2.64. The predicted octanol–water partition coefficient (Wildman–Crippen LogP) is 2.63. The van der Waals surface area contributed by atoms with Gasteiger partial charge in [0.25, 0.3) is 11.6 Å². The van der Waals surface area contributed by atoms with Crippen LogP contribution in [0, 0.1) is 10.1 Å². The van der Waals surface area contributed by atoms with Crippen LogP contribution in [0.25, 0.3) is 0 Å². The topological polar surface area (TPSA) is 111 Å². The molecule has 25 heavy (non-hydrogen) atoms. The number of benzene rings is 1. The Morgan fingerprint density at radius 1 is 1.32 bits per heavy atom. The highest BCUT2D eigenvalue weighted by atomic mass is 16.6. The molecule has 0 heterocycles. The Morgan fingerprint density at radius 2 is 1.96 bits per heavy atom. The summed E-state index contributed by atoms with van der Waals surface area (Å²) in [5.74, 6) is -1.21. The largest absolute Gasteiger partial charge is 0.449 e. The van der Waals surface area contributed by atoms with Crippen LogP contribution in [-0.4, -0.2) is 34.5 Å². The summed E-state index contributed by atoms with van der Waals surface area (Å²) >= 11 is 0. The summed E-state index contributed by atoms with van der Waals surface area (Å²) < 4.78 is 5.12. The van der Waals surface area contributed by atoms with Crippen LogP contribution in [0.5, 0.6) is 0 Å². The van der Waals surface area contributed by atoms with Gasteiger partial charge >= 0.3 is 5.97 Å². The molecule has 1 fully saturated rings. The van der Waals surface area contributed by atoms with Crippen molar-refractivity contribution in [3.05, 3.63) is 33.9 Å². The Bertz CT molecular complexity index is 692. The van der Waals surface area contributed by atoms with E-state index in [0.29, 0.717) is 5.69 Å². The van der Waals surface area contributed by atoms with E-state index in [-0.39, 0.29) is 17.3 Å². The highest BCUT2D eigenvalue weighted by molar-refractivity contribution is 5.93. The van der Waals surface area contributed by atoms with Crippen LogP contribution in [0.15, 0.2) is 18.2 Å². The standard InChI is InChI=1S/C17H23N3O5/c1-10(15(21)19-17(2,3)4)25-16(22)11-5-8-13(18-12-6-7-12)14(9-11)20(23)24/h5,8-10,12,18H,6-7H2,1-4H3,(H,19,21)/t10-/m0/s1. The fourth-order valence-electron chi connectivity index (χ4n) is 2.13. The highest BCUT2D eigenvalue weighted by Crippen LogP contribution is 2.31. The van der Waals surface area contributed by atoms with Crippen molar-refractivity contribution < 1.29 is 19.2 Å². The van der Waals surface area contributed by atoms with Crippen LogP contribution in [-0.2, 0) is 9.53 Å². The van der Waals surface area contributed by atoms with E-state index >= 15 is 0 Å². The van der Waals surface area contributed by atoms with Gasteiger partial charge in [0, 0.05) is 17.6 Å². The van der Waals surface area contributed by atoms with E-state index in [2.05, 4.69) is 10.6 Å². The molecular weight excluding hydrogens is 326 g/mol. The van der Waals surface area contributed by atoms with Gasteiger partial charge in [0.05, 0.1) is 10.5 Å². The van der Waals surface area contributed by atoms with Gasteiger partial charge in [-0.3, -0.25) is 14.9 Å². The molecule has 1 aromatic carbocycles. The maximum Gasteiger partial charge on any atom is 0.339 e. The molecule has 2 rings (SSSR count). The van der Waals surface area contributed by atoms with Gasteiger partial charge < -0.3 is 15.4 Å². The van der Waals surface area contributed by atoms with Gasteiger partial charge in [0.15, 0.2) is 6.10 Å². The molecule has 1 aromatic rings. The van der Waals surface area contributed by atoms with E-state index in [4.69, 9.17) is 4.74 Å². The average molecular weight is 349 g/mol. The quantitative estimate of drug-likeness (QED) is 0.464. The third-order valence-electron chi connectivity index (χ3n) is 3.52. The number of nitro groups is 1. The molecule has 0 spiro atoms. The van der Waals surface area contributed by atoms with Crippen molar-refractivity contribution in [1.29, 1.82) is 0 Å². The molecule has 136 valence electrons. The number of amides is 1. The zero-order chi connectivity index (χ0) is 18.8. The van der Waals surface area contributed by atoms with Crippen molar-refractivity contribution in [2.45, 2.75) is 58.2 Å². The molecule has 0 aliphatic heterocycles. The second-order valence-corrected chi connectivity index (χ2v) is 7.19. The molecule has 0 aromatic heterocycles. The summed E-state index contributed by atoms with van der Waals surface area (Å²) in [4.78, 5) is 34.9. The average Bonchev–Trinajstić information content (AvgIpc) is 3.29. The molecule has 1 aliphatic rings. The van der Waals surface area contributed by atoms with E-state index < -0.39 is 28.4 Å². The SMILES string of the molecule is C[C@H](OC(=O)c1ccc(NC2CC2)c([N+](=O)[O-])c1)C(=O)NC(C)(C)C. The third kappa shape index (κ3) is 5.44. The maximum absolute atomic E-state index is 12.2. The number of nitrogens with one attached hydrogen (secondary N) is 2. The monoisotopic (exact) mass is 349 g/mol. The Kier molecular flexibility index (Phi) is 5.30. The minimum Gasteiger partial charge on any atom is -0.449 e. The van der Waals surface area contributed by atoms with E-state index in [0.717, 1.165) is 12.8 Å². The lowest BCUT2D eigenvalue weighted by molar-refractivity contribution is -0.384. The van der Waals surface area contributed by atoms with Crippen molar-refractivity contribution in [2.24, 2.45) is 0 Å². The molecule has 0 saturated heterocycles. The van der Waals surface area contributed by atoms with Crippen molar-refractivity contribution in [3.8, 4) is 0 Å². The van der Waals surface area contributed by atoms with Gasteiger partial charge in [0.2, 0.25) is 0 Å². The van der Waals surface area contributed by atoms with Crippen molar-refractivity contribution in [1.82, 2.24) is 5.32 Å². The predicted molar refractivity (Wildman–Crippen MR) is 92.5 cm³/mol. The fraction of sp³-hybridized carbons (Fsp3) is 0.529. The first-order valence-electron chi connectivity index (χ1n) is 8.15. The summed E-state index contributed by atoms with van der Waals surface area (Å²) in [5.41, 5.74) is -0.230. The smallest absolute Gasteiger partial charge is 0.339 e. The van der Waals surface area contributed by atoms with Crippen LogP contribution in [0.3, 0.4) is 0 Å². The van der Waals surface area contributed by atoms with E-state index in [1.165, 1.54) is 25.1 Å². The molecule has 1 saturated carbocycles. The van der Waals surface area contributed by atoms with Gasteiger partial charge in [-0.1, -0.05) is 0 Å². The number of esters is 1. The second-order valence-electron chi connectivity index (χ2n) is 7.19. The Labute approximate surface area is 146 Å². The number of hydrogen-bond donors (Lipinski definition) is 2. The second kappa shape index (κ2) is 7.08. The summed E-state index contributed by atoms with van der Waals surface area (Å²) in [5, 5.41) is 17.0. The summed E-state index contributed by atoms with van der Waals surface area (Å²) in [7, 11) is 0. The molecule has 8 heteroatoms. The molecule has 1 amide bonds. The van der Waals surface area contributed by atoms with Crippen LogP contribution < -0.4 is 10.6 Å². The third-order valence-corrected chi connectivity index (χ3v) is 3.52.